The van der Waals surface area contributed by atoms with E-state index in [0.29, 0.717) is 0 Å². The van der Waals surface area contributed by atoms with Gasteiger partial charge in [-0.05, 0) is 46.3 Å². The lowest BCUT2D eigenvalue weighted by Crippen LogP contribution is -2.14. The molecule has 0 N–H and O–H groups in total. The van der Waals surface area contributed by atoms with Crippen LogP contribution in [0.5, 0.6) is 0 Å². The average molecular weight is 359 g/mol. The fourth-order valence-electron chi connectivity index (χ4n) is 1.14. The van der Waals surface area contributed by atoms with Gasteiger partial charge in [-0.2, -0.15) is 18.4 Å². The van der Waals surface area contributed by atoms with Gasteiger partial charge in [-0.1, -0.05) is 0 Å². The summed E-state index contributed by atoms with van der Waals surface area (Å²) in [6, 6.07) is 3.63. The molecule has 0 unspecified atom stereocenters. The summed E-state index contributed by atoms with van der Waals surface area (Å²) in [5.74, 6) is 0. The molecular weight excluding hydrogens is 357 g/mol. The third-order valence-electron chi connectivity index (χ3n) is 1.76. The van der Waals surface area contributed by atoms with Gasteiger partial charge in [0.25, 0.3) is 5.24 Å². The van der Waals surface area contributed by atoms with Crippen LogP contribution in [0.4, 0.5) is 13.2 Å². The molecule has 1 aromatic carbocycles. The molecule has 0 radical (unpaired) electrons. The summed E-state index contributed by atoms with van der Waals surface area (Å²) in [4.78, 5) is 10.8. The number of nitrogens with zero attached hydrogens (tertiary/aromatic N) is 1. The predicted octanol–water partition coefficient (Wildman–Crippen LogP) is 3.56. The number of benzene rings is 1. The summed E-state index contributed by atoms with van der Waals surface area (Å²) in [5, 5.41) is 7.42. The molecule has 1 aromatic rings. The van der Waals surface area contributed by atoms with E-state index in [2.05, 4.69) is 0 Å². The number of hydrogen-bond acceptors (Lipinski definition) is 2. The van der Waals surface area contributed by atoms with E-state index < -0.39 is 28.1 Å². The highest BCUT2D eigenvalue weighted by Crippen LogP contribution is 2.36. The highest BCUT2D eigenvalue weighted by molar-refractivity contribution is 14.1. The minimum absolute atomic E-state index is 0.120. The first-order valence-corrected chi connectivity index (χ1v) is 5.24. The molecule has 0 amide bonds. The van der Waals surface area contributed by atoms with E-state index in [1.54, 1.807) is 22.6 Å². The maximum Gasteiger partial charge on any atom is 0.418 e. The van der Waals surface area contributed by atoms with Crippen LogP contribution in [0.25, 0.3) is 0 Å². The molecule has 0 saturated heterocycles. The fourth-order valence-corrected chi connectivity index (χ4v) is 1.87. The van der Waals surface area contributed by atoms with Crippen molar-refractivity contribution in [2.45, 2.75) is 6.18 Å². The standard InChI is InChI=1S/C9H2ClF3INO/c10-8(16)4-1-2-6(14)5(3-15)7(4)9(11,12)13/h1-2H. The van der Waals surface area contributed by atoms with E-state index in [1.165, 1.54) is 12.1 Å². The first-order valence-electron chi connectivity index (χ1n) is 3.78. The highest BCUT2D eigenvalue weighted by Gasteiger charge is 2.38. The van der Waals surface area contributed by atoms with Crippen molar-refractivity contribution in [2.24, 2.45) is 0 Å². The lowest BCUT2D eigenvalue weighted by atomic mass is 10.0. The molecule has 16 heavy (non-hydrogen) atoms. The van der Waals surface area contributed by atoms with Crippen molar-refractivity contribution < 1.29 is 18.0 Å². The van der Waals surface area contributed by atoms with Gasteiger partial charge in [0, 0.05) is 9.13 Å². The Balaban J connectivity index is 3.70. The molecule has 0 bridgehead atoms. The Kier molecular flexibility index (Phi) is 3.80. The molecule has 0 aliphatic heterocycles. The molecule has 0 aromatic heterocycles. The van der Waals surface area contributed by atoms with E-state index in [1.807, 2.05) is 0 Å². The molecule has 0 aliphatic rings. The largest absolute Gasteiger partial charge is 0.418 e. The summed E-state index contributed by atoms with van der Waals surface area (Å²) in [5.41, 5.74) is -2.56. The number of alkyl halides is 3. The van der Waals surface area contributed by atoms with Crippen LogP contribution in [-0.2, 0) is 6.18 Å². The third-order valence-corrected chi connectivity index (χ3v) is 2.86. The lowest BCUT2D eigenvalue weighted by Gasteiger charge is -2.12. The van der Waals surface area contributed by atoms with Crippen molar-refractivity contribution in [3.63, 3.8) is 0 Å². The number of rotatable bonds is 1. The van der Waals surface area contributed by atoms with Crippen LogP contribution in [0.1, 0.15) is 21.5 Å². The van der Waals surface area contributed by atoms with Crippen molar-refractivity contribution in [1.29, 1.82) is 5.26 Å². The van der Waals surface area contributed by atoms with Crippen molar-refractivity contribution in [2.75, 3.05) is 0 Å². The average Bonchev–Trinajstić information content (AvgIpc) is 2.15. The Morgan fingerprint density at radius 3 is 2.38 bits per heavy atom. The summed E-state index contributed by atoms with van der Waals surface area (Å²) in [6.07, 6.45) is -4.79. The van der Waals surface area contributed by atoms with E-state index >= 15 is 0 Å². The van der Waals surface area contributed by atoms with Gasteiger partial charge in [0.05, 0.1) is 11.1 Å². The quantitative estimate of drug-likeness (QED) is 0.568. The zero-order valence-corrected chi connectivity index (χ0v) is 10.3. The van der Waals surface area contributed by atoms with Gasteiger partial charge < -0.3 is 0 Å². The van der Waals surface area contributed by atoms with Crippen molar-refractivity contribution in [3.05, 3.63) is 32.4 Å². The van der Waals surface area contributed by atoms with Crippen molar-refractivity contribution >= 4 is 39.4 Å². The molecule has 0 fully saturated rings. The zero-order chi connectivity index (χ0) is 12.5. The second-order valence-corrected chi connectivity index (χ2v) is 4.23. The topological polar surface area (TPSA) is 40.9 Å². The molecule has 0 heterocycles. The SMILES string of the molecule is N#Cc1c(I)ccc(C(=O)Cl)c1C(F)(F)F. The van der Waals surface area contributed by atoms with Gasteiger partial charge in [-0.25, -0.2) is 0 Å². The van der Waals surface area contributed by atoms with Gasteiger partial charge in [0.2, 0.25) is 0 Å². The van der Waals surface area contributed by atoms with Crippen molar-refractivity contribution in [3.8, 4) is 6.07 Å². The molecule has 0 spiro atoms. The second kappa shape index (κ2) is 4.59. The Morgan fingerprint density at radius 2 is 2.00 bits per heavy atom. The number of hydrogen-bond donors (Lipinski definition) is 0. The van der Waals surface area contributed by atoms with Crippen molar-refractivity contribution in [1.82, 2.24) is 0 Å². The Labute approximate surface area is 107 Å². The number of nitriles is 1. The summed E-state index contributed by atoms with van der Waals surface area (Å²) in [7, 11) is 0. The maximum atomic E-state index is 12.7. The zero-order valence-electron chi connectivity index (χ0n) is 7.40. The molecular formula is C9H2ClF3INO. The van der Waals surface area contributed by atoms with Crippen LogP contribution >= 0.6 is 34.2 Å². The molecule has 84 valence electrons. The van der Waals surface area contributed by atoms with E-state index in [-0.39, 0.29) is 3.57 Å². The monoisotopic (exact) mass is 359 g/mol. The summed E-state index contributed by atoms with van der Waals surface area (Å²) in [6.45, 7) is 0. The van der Waals surface area contributed by atoms with E-state index in [9.17, 15) is 18.0 Å². The van der Waals surface area contributed by atoms with Gasteiger partial charge in [0.15, 0.2) is 0 Å². The molecule has 0 saturated carbocycles. The normalized spacial score (nSPS) is 11.0. The molecule has 7 heteroatoms. The first kappa shape index (κ1) is 13.3. The van der Waals surface area contributed by atoms with E-state index in [0.717, 1.165) is 6.07 Å². The summed E-state index contributed by atoms with van der Waals surface area (Å²) < 4.78 is 38.1. The van der Waals surface area contributed by atoms with Gasteiger partial charge in [-0.15, -0.1) is 0 Å². The van der Waals surface area contributed by atoms with Gasteiger partial charge >= 0.3 is 6.18 Å². The minimum atomic E-state index is -4.79. The van der Waals surface area contributed by atoms with E-state index in [4.69, 9.17) is 16.9 Å². The molecule has 1 rings (SSSR count). The van der Waals surface area contributed by atoms with Crippen LogP contribution < -0.4 is 0 Å². The first-order chi connectivity index (χ1) is 7.29. The smallest absolute Gasteiger partial charge is 0.276 e. The molecule has 0 aliphatic carbocycles. The van der Waals surface area contributed by atoms with Gasteiger partial charge in [-0.3, -0.25) is 4.79 Å². The number of carbonyl (C=O) groups excluding carboxylic acids is 1. The highest BCUT2D eigenvalue weighted by atomic mass is 127. The minimum Gasteiger partial charge on any atom is -0.276 e. The Hall–Kier alpha value is -0.810. The number of carbonyl (C=O) groups is 1. The van der Waals surface area contributed by atoms with Gasteiger partial charge in [0.1, 0.15) is 6.07 Å². The van der Waals surface area contributed by atoms with Crippen LogP contribution in [0.15, 0.2) is 12.1 Å². The molecule has 0 atom stereocenters. The van der Waals surface area contributed by atoms with Crippen LogP contribution in [0.2, 0.25) is 0 Å². The number of halogens is 5. The Bertz CT molecular complexity index is 493. The summed E-state index contributed by atoms with van der Waals surface area (Å²) >= 11 is 6.63. The fraction of sp³-hybridized carbons (Fsp3) is 0.111. The second-order valence-electron chi connectivity index (χ2n) is 2.73. The third kappa shape index (κ3) is 2.47. The lowest BCUT2D eigenvalue weighted by molar-refractivity contribution is -0.138. The van der Waals surface area contributed by atoms with Crippen LogP contribution in [-0.4, -0.2) is 5.24 Å². The maximum absolute atomic E-state index is 12.7. The predicted molar refractivity (Wildman–Crippen MR) is 59.1 cm³/mol. The Morgan fingerprint density at radius 1 is 1.44 bits per heavy atom. The van der Waals surface area contributed by atoms with Crippen LogP contribution in [0, 0.1) is 14.9 Å². The van der Waals surface area contributed by atoms with Crippen LogP contribution in [0.3, 0.4) is 0 Å². The molecule has 2 nitrogen and oxygen atoms in total.